The third-order valence-corrected chi connectivity index (χ3v) is 3.55. The molecule has 1 atom stereocenters. The first-order chi connectivity index (χ1) is 6.56. The van der Waals surface area contributed by atoms with Crippen molar-refractivity contribution in [3.8, 4) is 0 Å². The lowest BCUT2D eigenvalue weighted by atomic mass is 9.93. The molecule has 0 amide bonds. The molecule has 1 heteroatoms. The third-order valence-electron chi connectivity index (χ3n) is 2.83. The Labute approximate surface area is 95.9 Å². The Morgan fingerprint density at radius 1 is 1.21 bits per heavy atom. The lowest BCUT2D eigenvalue weighted by Crippen LogP contribution is -1.96. The molecule has 0 saturated heterocycles. The Bertz CT molecular complexity index is 302. The van der Waals surface area contributed by atoms with Gasteiger partial charge in [0.25, 0.3) is 0 Å². The maximum Gasteiger partial charge on any atom is 0.0210 e. The van der Waals surface area contributed by atoms with Gasteiger partial charge in [-0.1, -0.05) is 55.8 Å². The quantitative estimate of drug-likeness (QED) is 0.706. The molecule has 1 aromatic rings. The average molecular weight is 255 g/mol. The molecule has 1 rings (SSSR count). The van der Waals surface area contributed by atoms with Gasteiger partial charge in [-0.3, -0.25) is 0 Å². The van der Waals surface area contributed by atoms with Gasteiger partial charge in [0.2, 0.25) is 0 Å². The first kappa shape index (κ1) is 11.8. The summed E-state index contributed by atoms with van der Waals surface area (Å²) in [5, 5.41) is 0. The predicted molar refractivity (Wildman–Crippen MR) is 66.9 cm³/mol. The minimum Gasteiger partial charge on any atom is -0.0648 e. The highest BCUT2D eigenvalue weighted by atomic mass is 79.9. The van der Waals surface area contributed by atoms with Crippen molar-refractivity contribution in [2.45, 2.75) is 46.0 Å². The Kier molecular flexibility index (Phi) is 4.18. The van der Waals surface area contributed by atoms with E-state index >= 15 is 0 Å². The maximum absolute atomic E-state index is 3.62. The van der Waals surface area contributed by atoms with E-state index in [4.69, 9.17) is 0 Å². The summed E-state index contributed by atoms with van der Waals surface area (Å²) in [6, 6.07) is 6.72. The molecule has 1 aromatic carbocycles. The molecule has 0 heterocycles. The molecule has 0 spiro atoms. The van der Waals surface area contributed by atoms with Crippen LogP contribution in [-0.2, 0) is 0 Å². The lowest BCUT2D eigenvalue weighted by molar-refractivity contribution is 0.725. The van der Waals surface area contributed by atoms with E-state index in [1.807, 2.05) is 0 Å². The van der Waals surface area contributed by atoms with Crippen molar-refractivity contribution in [1.29, 1.82) is 0 Å². The van der Waals surface area contributed by atoms with Gasteiger partial charge in [-0.25, -0.2) is 0 Å². The largest absolute Gasteiger partial charge is 0.0648 e. The van der Waals surface area contributed by atoms with Crippen LogP contribution in [-0.4, -0.2) is 0 Å². The normalized spacial score (nSPS) is 13.3. The van der Waals surface area contributed by atoms with Gasteiger partial charge in [0.05, 0.1) is 0 Å². The fourth-order valence-electron chi connectivity index (χ4n) is 1.52. The third kappa shape index (κ3) is 2.60. The summed E-state index contributed by atoms with van der Waals surface area (Å²) in [5.74, 6) is 1.26. The zero-order valence-corrected chi connectivity index (χ0v) is 11.1. The predicted octanol–water partition coefficient (Wildman–Crippen LogP) is 5.09. The Balaban J connectivity index is 3.08. The molecule has 0 aliphatic rings. The van der Waals surface area contributed by atoms with Crippen LogP contribution in [0.15, 0.2) is 22.7 Å². The van der Waals surface area contributed by atoms with Gasteiger partial charge >= 0.3 is 0 Å². The summed E-state index contributed by atoms with van der Waals surface area (Å²) >= 11 is 3.62. The van der Waals surface area contributed by atoms with Crippen LogP contribution in [0.4, 0.5) is 0 Å². The number of hydrogen-bond acceptors (Lipinski definition) is 0. The average Bonchev–Trinajstić information content (AvgIpc) is 2.17. The van der Waals surface area contributed by atoms with Crippen LogP contribution >= 0.6 is 15.9 Å². The topological polar surface area (TPSA) is 0 Å². The second-order valence-electron chi connectivity index (χ2n) is 4.24. The van der Waals surface area contributed by atoms with E-state index in [0.717, 1.165) is 0 Å². The number of halogens is 1. The minimum absolute atomic E-state index is 0.617. The van der Waals surface area contributed by atoms with Crippen molar-refractivity contribution in [3.63, 3.8) is 0 Å². The van der Waals surface area contributed by atoms with E-state index in [0.29, 0.717) is 11.8 Å². The van der Waals surface area contributed by atoms with E-state index in [2.05, 4.69) is 61.8 Å². The monoisotopic (exact) mass is 254 g/mol. The molecule has 0 N–H and O–H groups in total. The first-order valence-electron chi connectivity index (χ1n) is 5.35. The fraction of sp³-hybridized carbons (Fsp3) is 0.538. The van der Waals surface area contributed by atoms with Crippen LogP contribution in [0.25, 0.3) is 0 Å². The van der Waals surface area contributed by atoms with Crippen LogP contribution in [0.1, 0.15) is 57.1 Å². The highest BCUT2D eigenvalue weighted by Gasteiger charge is 2.09. The number of rotatable bonds is 3. The Morgan fingerprint density at radius 3 is 2.36 bits per heavy atom. The molecule has 14 heavy (non-hydrogen) atoms. The molecule has 0 saturated carbocycles. The molecule has 0 aliphatic carbocycles. The van der Waals surface area contributed by atoms with Gasteiger partial charge in [0.1, 0.15) is 0 Å². The zero-order valence-electron chi connectivity index (χ0n) is 9.47. The fourth-order valence-corrected chi connectivity index (χ4v) is 2.16. The molecule has 0 aromatic heterocycles. The van der Waals surface area contributed by atoms with Crippen molar-refractivity contribution >= 4 is 15.9 Å². The van der Waals surface area contributed by atoms with Crippen LogP contribution in [0, 0.1) is 0 Å². The molecule has 0 radical (unpaired) electrons. The first-order valence-corrected chi connectivity index (χ1v) is 6.14. The van der Waals surface area contributed by atoms with Crippen LogP contribution in [0.2, 0.25) is 0 Å². The highest BCUT2D eigenvalue weighted by Crippen LogP contribution is 2.30. The Hall–Kier alpha value is -0.300. The molecule has 0 nitrogen and oxygen atoms in total. The second kappa shape index (κ2) is 4.97. The summed E-state index contributed by atoms with van der Waals surface area (Å²) in [5.41, 5.74) is 2.88. The van der Waals surface area contributed by atoms with Crippen LogP contribution in [0.5, 0.6) is 0 Å². The minimum atomic E-state index is 0.617. The standard InChI is InChI=1S/C13H19Br/c1-5-10(4)12-8-11(9(2)3)6-7-13(12)14/h6-10H,5H2,1-4H3. The summed E-state index contributed by atoms with van der Waals surface area (Å²) in [4.78, 5) is 0. The molecule has 78 valence electrons. The highest BCUT2D eigenvalue weighted by molar-refractivity contribution is 9.10. The van der Waals surface area contributed by atoms with Gasteiger partial charge in [-0.15, -0.1) is 0 Å². The lowest BCUT2D eigenvalue weighted by Gasteiger charge is -2.14. The zero-order chi connectivity index (χ0) is 10.7. The molecule has 0 bridgehead atoms. The maximum atomic E-state index is 3.62. The van der Waals surface area contributed by atoms with Crippen LogP contribution < -0.4 is 0 Å². The molecular formula is C13H19Br. The summed E-state index contributed by atoms with van der Waals surface area (Å²) in [6.07, 6.45) is 1.19. The number of benzene rings is 1. The van der Waals surface area contributed by atoms with Crippen molar-refractivity contribution in [2.75, 3.05) is 0 Å². The van der Waals surface area contributed by atoms with E-state index in [1.165, 1.54) is 22.0 Å². The second-order valence-corrected chi connectivity index (χ2v) is 5.10. The van der Waals surface area contributed by atoms with Crippen molar-refractivity contribution in [3.05, 3.63) is 33.8 Å². The van der Waals surface area contributed by atoms with Gasteiger partial charge in [0, 0.05) is 4.47 Å². The van der Waals surface area contributed by atoms with Gasteiger partial charge in [0.15, 0.2) is 0 Å². The van der Waals surface area contributed by atoms with E-state index in [-0.39, 0.29) is 0 Å². The smallest absolute Gasteiger partial charge is 0.0210 e. The van der Waals surface area contributed by atoms with E-state index in [9.17, 15) is 0 Å². The van der Waals surface area contributed by atoms with E-state index in [1.54, 1.807) is 0 Å². The summed E-state index contributed by atoms with van der Waals surface area (Å²) in [7, 11) is 0. The molecular weight excluding hydrogens is 236 g/mol. The van der Waals surface area contributed by atoms with Gasteiger partial charge in [-0.05, 0) is 35.4 Å². The SMILES string of the molecule is CCC(C)c1cc(C(C)C)ccc1Br. The van der Waals surface area contributed by atoms with Crippen molar-refractivity contribution in [1.82, 2.24) is 0 Å². The summed E-state index contributed by atoms with van der Waals surface area (Å²) in [6.45, 7) is 9.00. The van der Waals surface area contributed by atoms with Crippen molar-refractivity contribution < 1.29 is 0 Å². The van der Waals surface area contributed by atoms with E-state index < -0.39 is 0 Å². The summed E-state index contributed by atoms with van der Waals surface area (Å²) < 4.78 is 1.25. The van der Waals surface area contributed by atoms with Crippen molar-refractivity contribution in [2.24, 2.45) is 0 Å². The molecule has 0 fully saturated rings. The Morgan fingerprint density at radius 2 is 1.86 bits per heavy atom. The molecule has 0 aliphatic heterocycles. The molecule has 1 unspecified atom stereocenters. The van der Waals surface area contributed by atoms with Gasteiger partial charge < -0.3 is 0 Å². The van der Waals surface area contributed by atoms with Gasteiger partial charge in [-0.2, -0.15) is 0 Å². The number of hydrogen-bond donors (Lipinski definition) is 0. The van der Waals surface area contributed by atoms with Crippen LogP contribution in [0.3, 0.4) is 0 Å².